The van der Waals surface area contributed by atoms with Crippen molar-refractivity contribution in [3.63, 3.8) is 0 Å². The Bertz CT molecular complexity index is 1280. The van der Waals surface area contributed by atoms with Crippen LogP contribution in [0.3, 0.4) is 0 Å². The molecule has 0 aliphatic carbocycles. The number of rotatable bonds is 4. The summed E-state index contributed by atoms with van der Waals surface area (Å²) in [7, 11) is 0. The predicted octanol–water partition coefficient (Wildman–Crippen LogP) is 4.97. The molecule has 1 N–H and O–H groups in total. The molecule has 0 unspecified atom stereocenters. The molecule has 4 rings (SSSR count). The summed E-state index contributed by atoms with van der Waals surface area (Å²) in [6.07, 6.45) is -3.00. The van der Waals surface area contributed by atoms with Crippen molar-refractivity contribution in [2.24, 2.45) is 0 Å². The van der Waals surface area contributed by atoms with Gasteiger partial charge in [0, 0.05) is 23.0 Å². The maximum atomic E-state index is 13.4. The van der Waals surface area contributed by atoms with E-state index in [4.69, 9.17) is 11.6 Å². The van der Waals surface area contributed by atoms with Gasteiger partial charge in [-0.15, -0.1) is 0 Å². The van der Waals surface area contributed by atoms with E-state index < -0.39 is 17.8 Å². The van der Waals surface area contributed by atoms with Crippen molar-refractivity contribution in [1.82, 2.24) is 24.4 Å². The number of nitrogens with one attached hydrogen (secondary N) is 1. The monoisotopic (exact) mass is 512 g/mol. The molecule has 0 atom stereocenters. The van der Waals surface area contributed by atoms with Gasteiger partial charge in [-0.25, -0.2) is 9.50 Å². The van der Waals surface area contributed by atoms with Gasteiger partial charge in [0.05, 0.1) is 11.0 Å². The molecule has 0 bridgehead atoms. The molecule has 3 aromatic heterocycles. The number of hydrogen-bond donors (Lipinski definition) is 1. The Morgan fingerprint density at radius 3 is 2.58 bits per heavy atom. The Morgan fingerprint density at radius 1 is 1.19 bits per heavy atom. The first-order valence-electron chi connectivity index (χ1n) is 8.84. The summed E-state index contributed by atoms with van der Waals surface area (Å²) in [5.41, 5.74) is -0.272. The number of hydrogen-bond acceptors (Lipinski definition) is 4. The van der Waals surface area contributed by atoms with Gasteiger partial charge < -0.3 is 5.32 Å². The molecule has 0 radical (unpaired) electrons. The molecule has 1 amide bonds. The molecule has 31 heavy (non-hydrogen) atoms. The minimum Gasteiger partial charge on any atom is -0.304 e. The van der Waals surface area contributed by atoms with Crippen LogP contribution in [0.2, 0.25) is 5.02 Å². The minimum absolute atomic E-state index is 0.0554. The Hall–Kier alpha value is -2.92. The van der Waals surface area contributed by atoms with Gasteiger partial charge in [0.15, 0.2) is 17.2 Å². The SMILES string of the molecule is Cc1cc(C(F)(F)F)n2nc(C(=O)Nc3ccn(Cc4ccc(Cl)cc4)n3)c(Br)c2n1. The van der Waals surface area contributed by atoms with Crippen molar-refractivity contribution in [2.45, 2.75) is 19.6 Å². The number of aromatic nitrogens is 5. The second kappa shape index (κ2) is 7.97. The summed E-state index contributed by atoms with van der Waals surface area (Å²) < 4.78 is 42.4. The van der Waals surface area contributed by atoms with E-state index in [0.29, 0.717) is 16.1 Å². The van der Waals surface area contributed by atoms with Crippen LogP contribution in [0.15, 0.2) is 47.1 Å². The first-order chi connectivity index (χ1) is 14.6. The third-order valence-electron chi connectivity index (χ3n) is 4.31. The van der Waals surface area contributed by atoms with E-state index in [9.17, 15) is 18.0 Å². The molecule has 0 spiro atoms. The lowest BCUT2D eigenvalue weighted by Gasteiger charge is -2.09. The lowest BCUT2D eigenvalue weighted by molar-refractivity contribution is -0.142. The maximum Gasteiger partial charge on any atom is 0.433 e. The fourth-order valence-corrected chi connectivity index (χ4v) is 3.57. The minimum atomic E-state index is -4.66. The molecule has 4 aromatic rings. The van der Waals surface area contributed by atoms with E-state index in [2.05, 4.69) is 36.4 Å². The number of benzene rings is 1. The number of carbonyl (C=O) groups excluding carboxylic acids is 1. The summed E-state index contributed by atoms with van der Waals surface area (Å²) in [6.45, 7) is 1.88. The van der Waals surface area contributed by atoms with Crippen molar-refractivity contribution < 1.29 is 18.0 Å². The summed E-state index contributed by atoms with van der Waals surface area (Å²) in [4.78, 5) is 16.7. The number of alkyl halides is 3. The van der Waals surface area contributed by atoms with Crippen LogP contribution < -0.4 is 5.32 Å². The number of carbonyl (C=O) groups is 1. The fraction of sp³-hybridized carbons (Fsp3) is 0.158. The number of anilines is 1. The highest BCUT2D eigenvalue weighted by molar-refractivity contribution is 9.10. The highest BCUT2D eigenvalue weighted by Gasteiger charge is 2.36. The number of aryl methyl sites for hydroxylation is 1. The molecule has 7 nitrogen and oxygen atoms in total. The fourth-order valence-electron chi connectivity index (χ4n) is 2.93. The van der Waals surface area contributed by atoms with E-state index in [1.165, 1.54) is 6.92 Å². The van der Waals surface area contributed by atoms with E-state index in [1.807, 2.05) is 12.1 Å². The lowest BCUT2D eigenvalue weighted by atomic mass is 10.2. The second-order valence-electron chi connectivity index (χ2n) is 6.66. The molecular formula is C19H13BrClF3N6O. The van der Waals surface area contributed by atoms with Crippen molar-refractivity contribution in [2.75, 3.05) is 5.32 Å². The van der Waals surface area contributed by atoms with Crippen molar-refractivity contribution in [1.29, 1.82) is 0 Å². The second-order valence-corrected chi connectivity index (χ2v) is 7.89. The molecule has 0 fully saturated rings. The van der Waals surface area contributed by atoms with Gasteiger partial charge in [0.25, 0.3) is 5.91 Å². The van der Waals surface area contributed by atoms with Crippen LogP contribution in [0.4, 0.5) is 19.0 Å². The molecule has 0 aliphatic rings. The molecule has 12 heteroatoms. The topological polar surface area (TPSA) is 77.1 Å². The predicted molar refractivity (Wildman–Crippen MR) is 111 cm³/mol. The van der Waals surface area contributed by atoms with Gasteiger partial charge >= 0.3 is 6.18 Å². The highest BCUT2D eigenvalue weighted by Crippen LogP contribution is 2.32. The largest absolute Gasteiger partial charge is 0.433 e. The third-order valence-corrected chi connectivity index (χ3v) is 5.29. The van der Waals surface area contributed by atoms with Gasteiger partial charge in [-0.3, -0.25) is 9.48 Å². The van der Waals surface area contributed by atoms with Crippen LogP contribution in [0.1, 0.15) is 27.4 Å². The van der Waals surface area contributed by atoms with Crippen LogP contribution >= 0.6 is 27.5 Å². The van der Waals surface area contributed by atoms with Gasteiger partial charge in [-0.1, -0.05) is 23.7 Å². The number of fused-ring (bicyclic) bond motifs is 1. The van der Waals surface area contributed by atoms with E-state index >= 15 is 0 Å². The molecule has 160 valence electrons. The molecule has 0 saturated carbocycles. The summed E-state index contributed by atoms with van der Waals surface area (Å²) >= 11 is 9.02. The zero-order chi connectivity index (χ0) is 22.3. The number of amides is 1. The Morgan fingerprint density at radius 2 is 1.90 bits per heavy atom. The molecule has 0 saturated heterocycles. The Kier molecular flexibility index (Phi) is 5.48. The van der Waals surface area contributed by atoms with E-state index in [0.717, 1.165) is 11.6 Å². The van der Waals surface area contributed by atoms with Gasteiger partial charge in [0.2, 0.25) is 0 Å². The maximum absolute atomic E-state index is 13.4. The Labute approximate surface area is 187 Å². The molecular weight excluding hydrogens is 501 g/mol. The summed E-state index contributed by atoms with van der Waals surface area (Å²) in [5.74, 6) is -0.497. The zero-order valence-electron chi connectivity index (χ0n) is 15.8. The number of nitrogens with zero attached hydrogens (tertiary/aromatic N) is 5. The summed E-state index contributed by atoms with van der Waals surface area (Å²) in [5, 5.41) is 11.2. The molecule has 1 aromatic carbocycles. The van der Waals surface area contributed by atoms with Crippen LogP contribution in [0.25, 0.3) is 5.65 Å². The third kappa shape index (κ3) is 4.42. The number of halogens is 5. The van der Waals surface area contributed by atoms with E-state index in [-0.39, 0.29) is 27.3 Å². The average Bonchev–Trinajstić information content (AvgIpc) is 3.27. The smallest absolute Gasteiger partial charge is 0.304 e. The van der Waals surface area contributed by atoms with Gasteiger partial charge in [-0.05, 0) is 46.6 Å². The van der Waals surface area contributed by atoms with Gasteiger partial charge in [-0.2, -0.15) is 23.4 Å². The standard InChI is InChI=1S/C19H13BrClF3N6O/c1-10-8-13(19(22,23)24)30-17(25-10)15(20)16(28-30)18(31)26-14-6-7-29(27-14)9-11-2-4-12(21)5-3-11/h2-8H,9H2,1H3,(H,26,27,31). The molecule has 3 heterocycles. The van der Waals surface area contributed by atoms with Crippen molar-refractivity contribution in [3.05, 3.63) is 74.7 Å². The van der Waals surface area contributed by atoms with Crippen LogP contribution in [0.5, 0.6) is 0 Å². The van der Waals surface area contributed by atoms with Crippen molar-refractivity contribution in [3.8, 4) is 0 Å². The quantitative estimate of drug-likeness (QED) is 0.418. The van der Waals surface area contributed by atoms with E-state index in [1.54, 1.807) is 29.1 Å². The van der Waals surface area contributed by atoms with Crippen LogP contribution in [-0.2, 0) is 12.7 Å². The first-order valence-corrected chi connectivity index (χ1v) is 10.0. The van der Waals surface area contributed by atoms with Gasteiger partial charge in [0.1, 0.15) is 5.69 Å². The van der Waals surface area contributed by atoms with Crippen LogP contribution in [-0.4, -0.2) is 30.3 Å². The normalized spacial score (nSPS) is 11.8. The molecule has 0 aliphatic heterocycles. The average molecular weight is 514 g/mol. The van der Waals surface area contributed by atoms with Crippen molar-refractivity contribution >= 4 is 44.9 Å². The zero-order valence-corrected chi connectivity index (χ0v) is 18.1. The first kappa shape index (κ1) is 21.3. The lowest BCUT2D eigenvalue weighted by Crippen LogP contribution is -2.16. The highest BCUT2D eigenvalue weighted by atomic mass is 79.9. The summed E-state index contributed by atoms with van der Waals surface area (Å²) in [6, 6.07) is 9.66. The van der Waals surface area contributed by atoms with Crippen LogP contribution in [0, 0.1) is 6.92 Å². The Balaban J connectivity index is 1.58.